The van der Waals surface area contributed by atoms with Gasteiger partial charge in [0.2, 0.25) is 0 Å². The highest BCUT2D eigenvalue weighted by atomic mass is 32.2. The largest absolute Gasteiger partial charge is 0.504 e. The fourth-order valence-electron chi connectivity index (χ4n) is 2.83. The van der Waals surface area contributed by atoms with E-state index in [1.54, 1.807) is 50.2 Å². The first-order chi connectivity index (χ1) is 18.7. The minimum absolute atomic E-state index is 0.0785. The number of hydrogen-bond acceptors (Lipinski definition) is 13. The number of aromatic nitrogens is 2. The van der Waals surface area contributed by atoms with Crippen LogP contribution in [0, 0.1) is 0 Å². The molecule has 206 valence electrons. The van der Waals surface area contributed by atoms with Crippen LogP contribution in [0.25, 0.3) is 0 Å². The van der Waals surface area contributed by atoms with Crippen LogP contribution in [0.15, 0.2) is 55.3 Å². The number of phenolic OH excluding ortho intramolecular Hbond substituents is 2. The molecule has 0 aliphatic carbocycles. The molecule has 39 heavy (non-hydrogen) atoms. The average molecular weight is 591 g/mol. The van der Waals surface area contributed by atoms with E-state index in [0.717, 1.165) is 0 Å². The fraction of sp³-hybridized carbons (Fsp3) is 0.250. The van der Waals surface area contributed by atoms with Gasteiger partial charge in [-0.05, 0) is 38.1 Å². The summed E-state index contributed by atoms with van der Waals surface area (Å²) in [6, 6.07) is 9.86. The number of rotatable bonds is 12. The summed E-state index contributed by atoms with van der Waals surface area (Å²) in [6.07, 6.45) is 2.64. The third-order valence-corrected chi connectivity index (χ3v) is 8.23. The van der Waals surface area contributed by atoms with Gasteiger partial charge in [0, 0.05) is 11.1 Å². The number of nitrogens with zero attached hydrogens (tertiary/aromatic N) is 4. The highest BCUT2D eigenvalue weighted by molar-refractivity contribution is 8.04. The Kier molecular flexibility index (Phi) is 11.0. The molecule has 2 atom stereocenters. The quantitative estimate of drug-likeness (QED) is 0.140. The summed E-state index contributed by atoms with van der Waals surface area (Å²) >= 11 is 3.65. The fourth-order valence-corrected chi connectivity index (χ4v) is 6.13. The zero-order chi connectivity index (χ0) is 28.4. The molecule has 3 aromatic rings. The highest BCUT2D eigenvalue weighted by Gasteiger charge is 2.20. The summed E-state index contributed by atoms with van der Waals surface area (Å²) in [5.41, 5.74) is 5.65. The van der Waals surface area contributed by atoms with E-state index in [2.05, 4.69) is 31.3 Å². The molecule has 0 aliphatic heterocycles. The van der Waals surface area contributed by atoms with Gasteiger partial charge in [-0.25, -0.2) is 10.9 Å². The average Bonchev–Trinajstić information content (AvgIpc) is 3.36. The molecule has 15 heteroatoms. The van der Waals surface area contributed by atoms with Gasteiger partial charge in [0.15, 0.2) is 31.7 Å². The van der Waals surface area contributed by atoms with Crippen molar-refractivity contribution in [3.05, 3.63) is 47.5 Å². The smallest absolute Gasteiger partial charge is 0.253 e. The number of para-hydroxylation sites is 2. The predicted octanol–water partition coefficient (Wildman–Crippen LogP) is 3.23. The maximum atomic E-state index is 12.4. The van der Waals surface area contributed by atoms with Gasteiger partial charge in [-0.15, -0.1) is 10.2 Å². The number of nitrogens with one attached hydrogen (secondary N) is 2. The second kappa shape index (κ2) is 14.4. The van der Waals surface area contributed by atoms with Crippen molar-refractivity contribution in [1.29, 1.82) is 0 Å². The van der Waals surface area contributed by atoms with Crippen LogP contribution in [0.1, 0.15) is 25.0 Å². The first-order valence-corrected chi connectivity index (χ1v) is 13.9. The molecule has 0 radical (unpaired) electrons. The Morgan fingerprint density at radius 2 is 1.26 bits per heavy atom. The lowest BCUT2D eigenvalue weighted by molar-refractivity contribution is -0.121. The maximum absolute atomic E-state index is 12.4. The Bertz CT molecular complexity index is 1270. The summed E-state index contributed by atoms with van der Waals surface area (Å²) < 4.78 is 11.2. The van der Waals surface area contributed by atoms with E-state index in [-0.39, 0.29) is 23.3 Å². The van der Waals surface area contributed by atoms with E-state index in [4.69, 9.17) is 9.47 Å². The van der Waals surface area contributed by atoms with E-state index >= 15 is 0 Å². The molecule has 2 aromatic carbocycles. The Balaban J connectivity index is 1.47. The Hall–Kier alpha value is -3.82. The van der Waals surface area contributed by atoms with Gasteiger partial charge in [-0.3, -0.25) is 9.59 Å². The maximum Gasteiger partial charge on any atom is 0.253 e. The lowest BCUT2D eigenvalue weighted by Gasteiger charge is -2.08. The number of carbonyl (C=O) groups excluding carboxylic acids is 2. The normalized spacial score (nSPS) is 12.8. The van der Waals surface area contributed by atoms with E-state index in [1.807, 2.05) is 0 Å². The molecule has 0 saturated heterocycles. The predicted molar refractivity (Wildman–Crippen MR) is 151 cm³/mol. The van der Waals surface area contributed by atoms with Gasteiger partial charge < -0.3 is 19.7 Å². The molecule has 0 saturated carbocycles. The molecule has 0 spiro atoms. The summed E-state index contributed by atoms with van der Waals surface area (Å²) in [6.45, 7) is 3.39. The molecular weight excluding hydrogens is 565 g/mol. The first-order valence-electron chi connectivity index (χ1n) is 11.3. The standard InChI is InChI=1S/C24H26N6O6S3/c1-13(21(33)27-25-11-15-7-5-9-17(35-3)19(15)31)37-23-29-30-24(39-23)38-14(2)22(34)28-26-12-16-8-6-10-18(36-4)20(16)32/h5-14,31-32H,1-4H3,(H,27,33)(H,28,34)/b25-11+,26-12+. The molecule has 3 rings (SSSR count). The van der Waals surface area contributed by atoms with Crippen molar-refractivity contribution in [3.8, 4) is 23.0 Å². The zero-order valence-corrected chi connectivity index (χ0v) is 23.8. The molecule has 0 aliphatic rings. The van der Waals surface area contributed by atoms with Crippen molar-refractivity contribution in [1.82, 2.24) is 21.0 Å². The van der Waals surface area contributed by atoms with Gasteiger partial charge in [-0.1, -0.05) is 47.0 Å². The molecule has 2 unspecified atom stereocenters. The molecule has 12 nitrogen and oxygen atoms in total. The molecule has 4 N–H and O–H groups in total. The van der Waals surface area contributed by atoms with E-state index in [9.17, 15) is 19.8 Å². The number of hydrogen-bond donors (Lipinski definition) is 4. The lowest BCUT2D eigenvalue weighted by atomic mass is 10.2. The van der Waals surface area contributed by atoms with Crippen LogP contribution < -0.4 is 20.3 Å². The van der Waals surface area contributed by atoms with Crippen molar-refractivity contribution in [3.63, 3.8) is 0 Å². The number of aromatic hydroxyl groups is 2. The number of thioether (sulfide) groups is 2. The second-order valence-electron chi connectivity index (χ2n) is 7.62. The number of amides is 2. The van der Waals surface area contributed by atoms with E-state index in [1.165, 1.54) is 61.5 Å². The van der Waals surface area contributed by atoms with Crippen LogP contribution >= 0.6 is 34.9 Å². The SMILES string of the molecule is COc1cccc(/C=N/NC(=O)C(C)Sc2nnc(SC(C)C(=O)N/N=C/c3cccc(OC)c3O)s2)c1O. The number of methoxy groups -OCH3 is 2. The Labute approximate surface area is 236 Å². The minimum atomic E-state index is -0.532. The van der Waals surface area contributed by atoms with Crippen molar-refractivity contribution in [2.75, 3.05) is 14.2 Å². The highest BCUT2D eigenvalue weighted by Crippen LogP contribution is 2.33. The topological polar surface area (TPSA) is 168 Å². The zero-order valence-electron chi connectivity index (χ0n) is 21.3. The molecule has 0 fully saturated rings. The summed E-state index contributed by atoms with van der Waals surface area (Å²) in [4.78, 5) is 24.8. The van der Waals surface area contributed by atoms with Crippen LogP contribution in [0.4, 0.5) is 0 Å². The van der Waals surface area contributed by atoms with Crippen molar-refractivity contribution in [2.45, 2.75) is 33.0 Å². The van der Waals surface area contributed by atoms with Crippen LogP contribution in [0.3, 0.4) is 0 Å². The number of benzene rings is 2. The molecule has 1 heterocycles. The molecule has 1 aromatic heterocycles. The van der Waals surface area contributed by atoms with Gasteiger partial charge in [-0.2, -0.15) is 10.2 Å². The van der Waals surface area contributed by atoms with Crippen molar-refractivity contribution < 1.29 is 29.3 Å². The minimum Gasteiger partial charge on any atom is -0.504 e. The summed E-state index contributed by atoms with van der Waals surface area (Å²) in [5.74, 6) is -0.291. The lowest BCUT2D eigenvalue weighted by Crippen LogP contribution is -2.26. The second-order valence-corrected chi connectivity index (χ2v) is 11.8. The number of carbonyl (C=O) groups is 2. The van der Waals surface area contributed by atoms with Crippen LogP contribution in [0.2, 0.25) is 0 Å². The monoisotopic (exact) mass is 590 g/mol. The van der Waals surface area contributed by atoms with Gasteiger partial charge >= 0.3 is 0 Å². The summed E-state index contributed by atoms with van der Waals surface area (Å²) in [5, 5.41) is 35.1. The third kappa shape index (κ3) is 8.33. The van der Waals surface area contributed by atoms with Gasteiger partial charge in [0.1, 0.15) is 0 Å². The Morgan fingerprint density at radius 3 is 1.64 bits per heavy atom. The van der Waals surface area contributed by atoms with Crippen LogP contribution in [-0.2, 0) is 9.59 Å². The first kappa shape index (κ1) is 29.7. The van der Waals surface area contributed by atoms with Crippen molar-refractivity contribution >= 4 is 59.1 Å². The van der Waals surface area contributed by atoms with Crippen molar-refractivity contribution in [2.24, 2.45) is 10.2 Å². The third-order valence-electron chi connectivity index (χ3n) is 4.94. The molecule has 0 bridgehead atoms. The summed E-state index contributed by atoms with van der Waals surface area (Å²) in [7, 11) is 2.88. The molecular formula is C24H26N6O6S3. The number of phenols is 2. The van der Waals surface area contributed by atoms with E-state index < -0.39 is 10.5 Å². The van der Waals surface area contributed by atoms with Gasteiger partial charge in [0.05, 0.1) is 37.1 Å². The van der Waals surface area contributed by atoms with Gasteiger partial charge in [0.25, 0.3) is 11.8 Å². The van der Waals surface area contributed by atoms with E-state index in [0.29, 0.717) is 31.3 Å². The number of ether oxygens (including phenoxy) is 2. The molecule has 2 amide bonds. The van der Waals surface area contributed by atoms with Crippen LogP contribution in [0.5, 0.6) is 23.0 Å². The Morgan fingerprint density at radius 1 is 0.846 bits per heavy atom. The van der Waals surface area contributed by atoms with Crippen LogP contribution in [-0.4, -0.2) is 69.4 Å². The number of hydrazone groups is 2.